The number of para-hydroxylation sites is 1. The van der Waals surface area contributed by atoms with Gasteiger partial charge in [-0.1, -0.05) is 24.3 Å². The van der Waals surface area contributed by atoms with Gasteiger partial charge in [0.15, 0.2) is 0 Å². The molecule has 1 aliphatic heterocycles. The molecule has 29 heavy (non-hydrogen) atoms. The normalized spacial score (nSPS) is 15.0. The summed E-state index contributed by atoms with van der Waals surface area (Å²) in [5, 5.41) is 13.7. The quantitative estimate of drug-likeness (QED) is 0.538. The Balaban J connectivity index is 1.58. The van der Waals surface area contributed by atoms with Gasteiger partial charge in [0.05, 0.1) is 23.0 Å². The number of sulfonamides is 1. The number of nitrogens with one attached hydrogen (secondary N) is 1. The van der Waals surface area contributed by atoms with Crippen LogP contribution in [0.5, 0.6) is 0 Å². The summed E-state index contributed by atoms with van der Waals surface area (Å²) >= 11 is 0. The average Bonchev–Trinajstić information content (AvgIpc) is 2.74. The zero-order valence-corrected chi connectivity index (χ0v) is 16.4. The van der Waals surface area contributed by atoms with Crippen LogP contribution in [0, 0.1) is 10.1 Å². The first-order valence-electron chi connectivity index (χ1n) is 9.08. The number of morpholine rings is 1. The Morgan fingerprint density at radius 2 is 1.76 bits per heavy atom. The number of benzene rings is 2. The van der Waals surface area contributed by atoms with Crippen LogP contribution in [0.15, 0.2) is 53.4 Å². The molecule has 154 valence electrons. The molecule has 1 saturated heterocycles. The van der Waals surface area contributed by atoms with Crippen LogP contribution in [-0.4, -0.2) is 56.4 Å². The van der Waals surface area contributed by atoms with Gasteiger partial charge in [0, 0.05) is 25.7 Å². The number of rotatable bonds is 7. The van der Waals surface area contributed by atoms with Gasteiger partial charge in [0.1, 0.15) is 5.56 Å². The number of carbonyl (C=O) groups is 1. The van der Waals surface area contributed by atoms with Crippen molar-refractivity contribution in [1.29, 1.82) is 0 Å². The molecule has 2 aromatic carbocycles. The van der Waals surface area contributed by atoms with E-state index in [9.17, 15) is 23.3 Å². The van der Waals surface area contributed by atoms with Crippen LogP contribution in [0.2, 0.25) is 0 Å². The number of hydrogen-bond acceptors (Lipinski definition) is 6. The molecule has 0 unspecified atom stereocenters. The summed E-state index contributed by atoms with van der Waals surface area (Å²) in [6.45, 7) is 1.71. The average molecular weight is 419 g/mol. The highest BCUT2D eigenvalue weighted by Gasteiger charge is 2.26. The minimum absolute atomic E-state index is 0.00412. The fourth-order valence-electron chi connectivity index (χ4n) is 3.00. The molecule has 0 aliphatic carbocycles. The van der Waals surface area contributed by atoms with E-state index in [0.717, 1.165) is 5.56 Å². The van der Waals surface area contributed by atoms with Gasteiger partial charge in [-0.05, 0) is 30.2 Å². The minimum Gasteiger partial charge on any atom is -0.379 e. The standard InChI is InChI=1S/C19H21N3O6S/c23-19(17-3-1-2-4-18(17)22(24)25)20-10-9-15-5-7-16(8-6-15)29(26,27)21-11-13-28-14-12-21/h1-8H,9-14H2,(H,20,23). The van der Waals surface area contributed by atoms with Crippen LogP contribution in [-0.2, 0) is 21.2 Å². The highest BCUT2D eigenvalue weighted by Crippen LogP contribution is 2.19. The fourth-order valence-corrected chi connectivity index (χ4v) is 4.41. The molecule has 3 rings (SSSR count). The molecule has 0 aromatic heterocycles. The molecule has 9 nitrogen and oxygen atoms in total. The van der Waals surface area contributed by atoms with Crippen molar-refractivity contribution >= 4 is 21.6 Å². The molecule has 10 heteroatoms. The first-order valence-corrected chi connectivity index (χ1v) is 10.5. The number of nitro groups is 1. The Morgan fingerprint density at radius 3 is 2.41 bits per heavy atom. The first kappa shape index (κ1) is 20.9. The lowest BCUT2D eigenvalue weighted by Gasteiger charge is -2.26. The van der Waals surface area contributed by atoms with Gasteiger partial charge >= 0.3 is 0 Å². The molecule has 0 saturated carbocycles. The third-order valence-electron chi connectivity index (χ3n) is 4.58. The molecule has 1 heterocycles. The summed E-state index contributed by atoms with van der Waals surface area (Å²) in [4.78, 5) is 22.8. The van der Waals surface area contributed by atoms with E-state index < -0.39 is 20.9 Å². The highest BCUT2D eigenvalue weighted by atomic mass is 32.2. The maximum Gasteiger partial charge on any atom is 0.282 e. The molecule has 1 amide bonds. The molecular formula is C19H21N3O6S. The Bertz CT molecular complexity index is 985. The molecule has 0 radical (unpaired) electrons. The fraction of sp³-hybridized carbons (Fsp3) is 0.316. The molecule has 2 aromatic rings. The van der Waals surface area contributed by atoms with E-state index >= 15 is 0 Å². The van der Waals surface area contributed by atoms with Crippen molar-refractivity contribution in [2.45, 2.75) is 11.3 Å². The maximum absolute atomic E-state index is 12.6. The van der Waals surface area contributed by atoms with Gasteiger partial charge in [-0.2, -0.15) is 4.31 Å². The van der Waals surface area contributed by atoms with E-state index in [-0.39, 0.29) is 22.7 Å². The molecule has 1 fully saturated rings. The van der Waals surface area contributed by atoms with Crippen LogP contribution < -0.4 is 5.32 Å². The van der Waals surface area contributed by atoms with Crippen molar-refractivity contribution in [2.75, 3.05) is 32.8 Å². The molecule has 0 bridgehead atoms. The van der Waals surface area contributed by atoms with Gasteiger partial charge in [0.2, 0.25) is 10.0 Å². The lowest BCUT2D eigenvalue weighted by molar-refractivity contribution is -0.385. The van der Waals surface area contributed by atoms with E-state index in [2.05, 4.69) is 5.32 Å². The van der Waals surface area contributed by atoms with Crippen molar-refractivity contribution in [3.05, 3.63) is 69.8 Å². The molecule has 1 N–H and O–H groups in total. The number of nitrogens with zero attached hydrogens (tertiary/aromatic N) is 2. The topological polar surface area (TPSA) is 119 Å². The second-order valence-electron chi connectivity index (χ2n) is 6.44. The minimum atomic E-state index is -3.54. The largest absolute Gasteiger partial charge is 0.379 e. The molecule has 0 spiro atoms. The van der Waals surface area contributed by atoms with Crippen LogP contribution in [0.25, 0.3) is 0 Å². The lowest BCUT2D eigenvalue weighted by atomic mass is 10.1. The van der Waals surface area contributed by atoms with Crippen LogP contribution >= 0.6 is 0 Å². The SMILES string of the molecule is O=C(NCCc1ccc(S(=O)(=O)N2CCOCC2)cc1)c1ccccc1[N+](=O)[O-]. The van der Waals surface area contributed by atoms with Crippen LogP contribution in [0.4, 0.5) is 5.69 Å². The summed E-state index contributed by atoms with van der Waals surface area (Å²) in [5.74, 6) is -0.524. The Morgan fingerprint density at radius 1 is 1.10 bits per heavy atom. The zero-order valence-electron chi connectivity index (χ0n) is 15.6. The van der Waals surface area contributed by atoms with Crippen LogP contribution in [0.1, 0.15) is 15.9 Å². The van der Waals surface area contributed by atoms with Gasteiger partial charge in [-0.3, -0.25) is 14.9 Å². The van der Waals surface area contributed by atoms with Crippen molar-refractivity contribution in [3.63, 3.8) is 0 Å². The predicted molar refractivity (Wildman–Crippen MR) is 105 cm³/mol. The summed E-state index contributed by atoms with van der Waals surface area (Å²) < 4.78 is 31.8. The first-order chi connectivity index (χ1) is 13.9. The Kier molecular flexibility index (Phi) is 6.57. The summed E-state index contributed by atoms with van der Waals surface area (Å²) in [6, 6.07) is 12.2. The third-order valence-corrected chi connectivity index (χ3v) is 6.49. The molecule has 1 aliphatic rings. The monoisotopic (exact) mass is 419 g/mol. The van der Waals surface area contributed by atoms with Gasteiger partial charge < -0.3 is 10.1 Å². The number of hydrogen-bond donors (Lipinski definition) is 1. The van der Waals surface area contributed by atoms with E-state index in [1.807, 2.05) is 0 Å². The second-order valence-corrected chi connectivity index (χ2v) is 8.38. The predicted octanol–water partition coefficient (Wildman–Crippen LogP) is 1.59. The van der Waals surface area contributed by atoms with Gasteiger partial charge in [-0.15, -0.1) is 0 Å². The summed E-state index contributed by atoms with van der Waals surface area (Å²) in [5.41, 5.74) is 0.598. The Hall–Kier alpha value is -2.82. The molecule has 0 atom stereocenters. The highest BCUT2D eigenvalue weighted by molar-refractivity contribution is 7.89. The number of ether oxygens (including phenoxy) is 1. The number of amides is 1. The summed E-state index contributed by atoms with van der Waals surface area (Å²) in [6.07, 6.45) is 0.463. The van der Waals surface area contributed by atoms with Gasteiger partial charge in [0.25, 0.3) is 11.6 Å². The Labute approximate surface area is 168 Å². The number of carbonyl (C=O) groups excluding carboxylic acids is 1. The van der Waals surface area contributed by atoms with Gasteiger partial charge in [-0.25, -0.2) is 8.42 Å². The second kappa shape index (κ2) is 9.12. The van der Waals surface area contributed by atoms with E-state index in [1.54, 1.807) is 30.3 Å². The summed E-state index contributed by atoms with van der Waals surface area (Å²) in [7, 11) is -3.54. The zero-order chi connectivity index (χ0) is 20.9. The van der Waals surface area contributed by atoms with Crippen LogP contribution in [0.3, 0.4) is 0 Å². The van der Waals surface area contributed by atoms with E-state index in [4.69, 9.17) is 4.74 Å². The van der Waals surface area contributed by atoms with Crippen molar-refractivity contribution in [1.82, 2.24) is 9.62 Å². The maximum atomic E-state index is 12.6. The number of nitro benzene ring substituents is 1. The van der Waals surface area contributed by atoms with E-state index in [0.29, 0.717) is 32.7 Å². The van der Waals surface area contributed by atoms with E-state index in [1.165, 1.54) is 22.5 Å². The smallest absolute Gasteiger partial charge is 0.282 e. The van der Waals surface area contributed by atoms with Crippen molar-refractivity contribution in [2.24, 2.45) is 0 Å². The molecular weight excluding hydrogens is 398 g/mol. The lowest BCUT2D eigenvalue weighted by Crippen LogP contribution is -2.40. The third kappa shape index (κ3) is 4.97. The van der Waals surface area contributed by atoms with Crippen molar-refractivity contribution in [3.8, 4) is 0 Å². The van der Waals surface area contributed by atoms with Crippen molar-refractivity contribution < 1.29 is 22.9 Å².